The number of nitrogens with zero attached hydrogens (tertiary/aromatic N) is 4. The van der Waals surface area contributed by atoms with Crippen LogP contribution in [0, 0.1) is 11.8 Å². The molecule has 0 aliphatic carbocycles. The van der Waals surface area contributed by atoms with Crippen molar-refractivity contribution in [3.63, 3.8) is 0 Å². The van der Waals surface area contributed by atoms with Crippen LogP contribution >= 0.6 is 11.8 Å². The summed E-state index contributed by atoms with van der Waals surface area (Å²) in [5.74, 6) is 1.52. The van der Waals surface area contributed by atoms with Gasteiger partial charge in [-0.15, -0.1) is 0 Å². The molecule has 1 aromatic heterocycles. The van der Waals surface area contributed by atoms with Crippen LogP contribution in [-0.2, 0) is 22.6 Å². The van der Waals surface area contributed by atoms with Gasteiger partial charge in [0.15, 0.2) is 5.16 Å². The molecule has 3 atom stereocenters. The summed E-state index contributed by atoms with van der Waals surface area (Å²) in [5.41, 5.74) is 4.02. The molecule has 0 spiro atoms. The van der Waals surface area contributed by atoms with Crippen molar-refractivity contribution in [2.45, 2.75) is 51.4 Å². The second-order valence-electron chi connectivity index (χ2n) is 9.95. The van der Waals surface area contributed by atoms with E-state index >= 15 is 0 Å². The highest BCUT2D eigenvalue weighted by Crippen LogP contribution is 2.33. The van der Waals surface area contributed by atoms with Gasteiger partial charge in [0.2, 0.25) is 11.8 Å². The lowest BCUT2D eigenvalue weighted by Crippen LogP contribution is -2.44. The van der Waals surface area contributed by atoms with Crippen molar-refractivity contribution < 1.29 is 9.59 Å². The first-order valence-corrected chi connectivity index (χ1v) is 13.1. The fraction of sp³-hybridized carbons (Fsp3) is 0.444. The molecule has 178 valence electrons. The number of para-hydroxylation sites is 3. The number of aromatic nitrogens is 2. The van der Waals surface area contributed by atoms with Gasteiger partial charge in [-0.3, -0.25) is 9.59 Å². The quantitative estimate of drug-likeness (QED) is 0.505. The predicted octanol–water partition coefficient (Wildman–Crippen LogP) is 4.61. The minimum atomic E-state index is 0.0751. The van der Waals surface area contributed by atoms with Crippen molar-refractivity contribution >= 4 is 40.3 Å². The Morgan fingerprint density at radius 1 is 0.971 bits per heavy atom. The first-order valence-electron chi connectivity index (χ1n) is 12.2. The van der Waals surface area contributed by atoms with E-state index in [1.54, 1.807) is 0 Å². The molecule has 2 aliphatic rings. The Hall–Kier alpha value is -2.80. The van der Waals surface area contributed by atoms with Crippen LogP contribution in [0.1, 0.15) is 32.8 Å². The van der Waals surface area contributed by atoms with Crippen LogP contribution in [0.5, 0.6) is 0 Å². The molecule has 1 saturated heterocycles. The van der Waals surface area contributed by atoms with Crippen LogP contribution < -0.4 is 4.90 Å². The molecule has 2 aliphatic heterocycles. The van der Waals surface area contributed by atoms with Crippen LogP contribution in [0.2, 0.25) is 0 Å². The second kappa shape index (κ2) is 9.45. The minimum Gasteiger partial charge on any atom is -0.341 e. The van der Waals surface area contributed by atoms with E-state index in [1.165, 1.54) is 23.7 Å². The fourth-order valence-corrected chi connectivity index (χ4v) is 6.43. The van der Waals surface area contributed by atoms with Crippen LogP contribution in [0.3, 0.4) is 0 Å². The zero-order chi connectivity index (χ0) is 23.8. The van der Waals surface area contributed by atoms with Crippen molar-refractivity contribution in [1.82, 2.24) is 14.5 Å². The number of rotatable bonds is 5. The number of imidazole rings is 1. The van der Waals surface area contributed by atoms with Gasteiger partial charge in [-0.05, 0) is 55.4 Å². The Labute approximate surface area is 205 Å². The van der Waals surface area contributed by atoms with Crippen molar-refractivity contribution in [2.75, 3.05) is 23.7 Å². The molecule has 0 unspecified atom stereocenters. The molecule has 0 bridgehead atoms. The monoisotopic (exact) mass is 476 g/mol. The summed E-state index contributed by atoms with van der Waals surface area (Å²) in [7, 11) is 0. The first kappa shape index (κ1) is 23.0. The highest BCUT2D eigenvalue weighted by molar-refractivity contribution is 7.99. The molecule has 3 heterocycles. The SMILES string of the molecule is C[C@@H]1C[C@H](C)CN(C(=O)Cn2c(SCC(=O)N3c4ccccc4C[C@H]3C)nc3ccccc32)C1. The highest BCUT2D eigenvalue weighted by Gasteiger charge is 2.31. The van der Waals surface area contributed by atoms with Gasteiger partial charge in [-0.1, -0.05) is 55.9 Å². The maximum atomic E-state index is 13.3. The molecule has 2 amide bonds. The third kappa shape index (κ3) is 4.45. The van der Waals surface area contributed by atoms with Crippen LogP contribution in [-0.4, -0.2) is 51.1 Å². The molecule has 7 heteroatoms. The summed E-state index contributed by atoms with van der Waals surface area (Å²) in [4.78, 5) is 35.2. The topological polar surface area (TPSA) is 58.4 Å². The van der Waals surface area contributed by atoms with Crippen LogP contribution in [0.4, 0.5) is 5.69 Å². The number of amides is 2. The van der Waals surface area contributed by atoms with E-state index in [-0.39, 0.29) is 30.2 Å². The van der Waals surface area contributed by atoms with E-state index < -0.39 is 0 Å². The van der Waals surface area contributed by atoms with Crippen molar-refractivity contribution in [2.24, 2.45) is 11.8 Å². The van der Waals surface area contributed by atoms with Gasteiger partial charge in [0.1, 0.15) is 6.54 Å². The number of thioether (sulfide) groups is 1. The Kier molecular flexibility index (Phi) is 6.38. The molecule has 1 fully saturated rings. The standard InChI is InChI=1S/C27H32N4O2S/c1-18-12-19(2)15-29(14-18)25(32)16-30-24-11-7-5-9-22(24)28-27(30)34-17-26(33)31-20(3)13-21-8-4-6-10-23(21)31/h4-11,18-20H,12-17H2,1-3H3/t18-,19+,20-/m1/s1. The van der Waals surface area contributed by atoms with Crippen LogP contribution in [0.15, 0.2) is 53.7 Å². The number of benzene rings is 2. The third-order valence-corrected chi connectivity index (χ3v) is 7.90. The lowest BCUT2D eigenvalue weighted by molar-refractivity contribution is -0.134. The van der Waals surface area contributed by atoms with E-state index in [1.807, 2.05) is 56.8 Å². The van der Waals surface area contributed by atoms with Gasteiger partial charge in [0, 0.05) is 24.8 Å². The Morgan fingerprint density at radius 3 is 2.47 bits per heavy atom. The van der Waals surface area contributed by atoms with E-state index in [4.69, 9.17) is 4.98 Å². The Balaban J connectivity index is 1.35. The molecule has 0 radical (unpaired) electrons. The van der Waals surface area contributed by atoms with Gasteiger partial charge < -0.3 is 14.4 Å². The van der Waals surface area contributed by atoms with Crippen molar-refractivity contribution in [3.8, 4) is 0 Å². The fourth-order valence-electron chi connectivity index (χ4n) is 5.56. The van der Waals surface area contributed by atoms with Crippen molar-refractivity contribution in [1.29, 1.82) is 0 Å². The Morgan fingerprint density at radius 2 is 1.68 bits per heavy atom. The largest absolute Gasteiger partial charge is 0.341 e. The molecule has 5 rings (SSSR count). The summed E-state index contributed by atoms with van der Waals surface area (Å²) in [6.07, 6.45) is 2.05. The normalized spacial score (nSPS) is 22.3. The summed E-state index contributed by atoms with van der Waals surface area (Å²) >= 11 is 1.42. The summed E-state index contributed by atoms with van der Waals surface area (Å²) in [6.45, 7) is 8.39. The number of hydrogen-bond donors (Lipinski definition) is 0. The molecule has 0 N–H and O–H groups in total. The average molecular weight is 477 g/mol. The number of anilines is 1. The highest BCUT2D eigenvalue weighted by atomic mass is 32.2. The number of hydrogen-bond acceptors (Lipinski definition) is 4. The third-order valence-electron chi connectivity index (χ3n) is 6.94. The number of fused-ring (bicyclic) bond motifs is 2. The van der Waals surface area contributed by atoms with Gasteiger partial charge in [0.05, 0.1) is 16.8 Å². The van der Waals surface area contributed by atoms with Gasteiger partial charge in [-0.25, -0.2) is 4.98 Å². The summed E-state index contributed by atoms with van der Waals surface area (Å²) in [5, 5.41) is 0.723. The zero-order valence-corrected chi connectivity index (χ0v) is 20.9. The lowest BCUT2D eigenvalue weighted by Gasteiger charge is -2.35. The van der Waals surface area contributed by atoms with E-state index in [9.17, 15) is 9.59 Å². The van der Waals surface area contributed by atoms with E-state index in [2.05, 4.69) is 26.8 Å². The maximum Gasteiger partial charge on any atom is 0.242 e. The van der Waals surface area contributed by atoms with Gasteiger partial charge >= 0.3 is 0 Å². The smallest absolute Gasteiger partial charge is 0.242 e. The molecular weight excluding hydrogens is 444 g/mol. The molecule has 6 nitrogen and oxygen atoms in total. The Bertz CT molecular complexity index is 1210. The number of likely N-dealkylation sites (tertiary alicyclic amines) is 1. The molecule has 34 heavy (non-hydrogen) atoms. The molecule has 2 aromatic carbocycles. The summed E-state index contributed by atoms with van der Waals surface area (Å²) < 4.78 is 1.99. The minimum absolute atomic E-state index is 0.0751. The van der Waals surface area contributed by atoms with Gasteiger partial charge in [0.25, 0.3) is 0 Å². The van der Waals surface area contributed by atoms with Gasteiger partial charge in [-0.2, -0.15) is 0 Å². The second-order valence-corrected chi connectivity index (χ2v) is 10.9. The average Bonchev–Trinajstić information content (AvgIpc) is 3.33. The summed E-state index contributed by atoms with van der Waals surface area (Å²) in [6, 6.07) is 16.2. The van der Waals surface area contributed by atoms with Crippen molar-refractivity contribution in [3.05, 3.63) is 54.1 Å². The van der Waals surface area contributed by atoms with E-state index in [0.29, 0.717) is 11.8 Å². The van der Waals surface area contributed by atoms with Crippen LogP contribution in [0.25, 0.3) is 11.0 Å². The lowest BCUT2D eigenvalue weighted by atomic mass is 9.92. The number of piperidine rings is 1. The first-order chi connectivity index (χ1) is 16.4. The number of carbonyl (C=O) groups is 2. The zero-order valence-electron chi connectivity index (χ0n) is 20.1. The van der Waals surface area contributed by atoms with E-state index in [0.717, 1.165) is 41.4 Å². The molecular formula is C27H32N4O2S. The predicted molar refractivity (Wildman–Crippen MR) is 137 cm³/mol. The number of carbonyl (C=O) groups excluding carboxylic acids is 2. The maximum absolute atomic E-state index is 13.3. The molecule has 3 aromatic rings. The molecule has 0 saturated carbocycles.